The van der Waals surface area contributed by atoms with E-state index in [9.17, 15) is 8.78 Å². The first kappa shape index (κ1) is 18.1. The van der Waals surface area contributed by atoms with Crippen molar-refractivity contribution in [1.29, 1.82) is 0 Å². The molecule has 1 aromatic carbocycles. The van der Waals surface area contributed by atoms with Crippen LogP contribution >= 0.6 is 0 Å². The zero-order valence-electron chi connectivity index (χ0n) is 15.2. The highest BCUT2D eigenvalue weighted by atomic mass is 19.1. The lowest BCUT2D eigenvalue weighted by atomic mass is 9.94. The number of ether oxygens (including phenoxy) is 1. The van der Waals surface area contributed by atoms with Crippen LogP contribution in [0, 0.1) is 11.4 Å². The molecular formula is C20H26F2N2O. The number of alkyl halides is 1. The standard InChI is InChI=1S/C20H26F2N2O/c1-20(2,3)13-24-9-7-15(8-10-24)25-17-11-18(22)23-19-14(12-21)5-4-6-16(17)19/h4-6,11,15H,7-10,12-13H2,1-3H3. The van der Waals surface area contributed by atoms with Gasteiger partial charge in [-0.1, -0.05) is 32.9 Å². The monoisotopic (exact) mass is 348 g/mol. The van der Waals surface area contributed by atoms with Gasteiger partial charge in [0.15, 0.2) is 0 Å². The first-order valence-corrected chi connectivity index (χ1v) is 8.89. The molecule has 0 spiro atoms. The first-order valence-electron chi connectivity index (χ1n) is 8.89. The van der Waals surface area contributed by atoms with Gasteiger partial charge < -0.3 is 9.64 Å². The van der Waals surface area contributed by atoms with Crippen molar-refractivity contribution in [3.63, 3.8) is 0 Å². The number of fused-ring (bicyclic) bond motifs is 1. The van der Waals surface area contributed by atoms with Crippen LogP contribution in [0.5, 0.6) is 5.75 Å². The number of likely N-dealkylation sites (tertiary alicyclic amines) is 1. The Balaban J connectivity index is 1.74. The fourth-order valence-electron chi connectivity index (χ4n) is 3.49. The van der Waals surface area contributed by atoms with Gasteiger partial charge in [0.25, 0.3) is 0 Å². The topological polar surface area (TPSA) is 25.4 Å². The van der Waals surface area contributed by atoms with Crippen molar-refractivity contribution in [2.24, 2.45) is 5.41 Å². The SMILES string of the molecule is CC(C)(C)CN1CCC(Oc2cc(F)nc3c(CF)cccc23)CC1. The van der Waals surface area contributed by atoms with Crippen LogP contribution in [0.2, 0.25) is 0 Å². The van der Waals surface area contributed by atoms with Crippen LogP contribution in [-0.2, 0) is 6.67 Å². The number of pyridine rings is 1. The van der Waals surface area contributed by atoms with Crippen LogP contribution in [0.3, 0.4) is 0 Å². The third kappa shape index (κ3) is 4.46. The van der Waals surface area contributed by atoms with Crippen molar-refractivity contribution >= 4 is 10.9 Å². The highest BCUT2D eigenvalue weighted by Gasteiger charge is 2.24. The van der Waals surface area contributed by atoms with Gasteiger partial charge in [-0.3, -0.25) is 0 Å². The molecule has 0 radical (unpaired) electrons. The molecule has 3 rings (SSSR count). The molecule has 3 nitrogen and oxygen atoms in total. The summed E-state index contributed by atoms with van der Waals surface area (Å²) in [7, 11) is 0. The van der Waals surface area contributed by atoms with Crippen molar-refractivity contribution < 1.29 is 13.5 Å². The van der Waals surface area contributed by atoms with Crippen molar-refractivity contribution in [3.8, 4) is 5.75 Å². The number of benzene rings is 1. The minimum Gasteiger partial charge on any atom is -0.489 e. The van der Waals surface area contributed by atoms with E-state index in [1.807, 2.05) is 6.07 Å². The van der Waals surface area contributed by atoms with Crippen LogP contribution in [0.15, 0.2) is 24.3 Å². The lowest BCUT2D eigenvalue weighted by Gasteiger charge is -2.36. The summed E-state index contributed by atoms with van der Waals surface area (Å²) in [5.41, 5.74) is 1.02. The normalized spacial score (nSPS) is 17.2. The largest absolute Gasteiger partial charge is 0.489 e. The summed E-state index contributed by atoms with van der Waals surface area (Å²) < 4.78 is 33.1. The third-order valence-electron chi connectivity index (χ3n) is 4.52. The van der Waals surface area contributed by atoms with Crippen molar-refractivity contribution in [2.75, 3.05) is 19.6 Å². The summed E-state index contributed by atoms with van der Waals surface area (Å²) in [5.74, 6) is -0.166. The molecule has 0 amide bonds. The molecule has 1 saturated heterocycles. The van der Waals surface area contributed by atoms with E-state index in [0.29, 0.717) is 22.2 Å². The van der Waals surface area contributed by atoms with Crippen LogP contribution < -0.4 is 4.74 Å². The van der Waals surface area contributed by atoms with Crippen LogP contribution in [0.1, 0.15) is 39.2 Å². The van der Waals surface area contributed by atoms with E-state index in [0.717, 1.165) is 32.5 Å². The van der Waals surface area contributed by atoms with Crippen molar-refractivity contribution in [1.82, 2.24) is 9.88 Å². The number of para-hydroxylation sites is 1. The van der Waals surface area contributed by atoms with Gasteiger partial charge in [-0.05, 0) is 24.3 Å². The summed E-state index contributed by atoms with van der Waals surface area (Å²) in [6.45, 7) is 9.06. The maximum absolute atomic E-state index is 13.9. The Morgan fingerprint density at radius 1 is 1.24 bits per heavy atom. The van der Waals surface area contributed by atoms with Crippen LogP contribution in [-0.4, -0.2) is 35.6 Å². The predicted octanol–water partition coefficient (Wildman–Crippen LogP) is 4.73. The highest BCUT2D eigenvalue weighted by Crippen LogP contribution is 2.30. The minimum absolute atomic E-state index is 0.0512. The number of hydrogen-bond acceptors (Lipinski definition) is 3. The fourth-order valence-corrected chi connectivity index (χ4v) is 3.49. The predicted molar refractivity (Wildman–Crippen MR) is 96.1 cm³/mol. The quantitative estimate of drug-likeness (QED) is 0.747. The van der Waals surface area contributed by atoms with Crippen molar-refractivity contribution in [2.45, 2.75) is 46.4 Å². The minimum atomic E-state index is -0.668. The second-order valence-electron chi connectivity index (χ2n) is 8.04. The Labute approximate surface area is 148 Å². The molecular weight excluding hydrogens is 322 g/mol. The van der Waals surface area contributed by atoms with E-state index in [-0.39, 0.29) is 11.5 Å². The maximum Gasteiger partial charge on any atom is 0.217 e. The van der Waals surface area contributed by atoms with Gasteiger partial charge in [0.1, 0.15) is 18.5 Å². The average Bonchev–Trinajstić information content (AvgIpc) is 2.54. The van der Waals surface area contributed by atoms with Gasteiger partial charge >= 0.3 is 0 Å². The molecule has 136 valence electrons. The summed E-state index contributed by atoms with van der Waals surface area (Å²) in [6, 6.07) is 6.51. The highest BCUT2D eigenvalue weighted by molar-refractivity contribution is 5.87. The molecule has 0 N–H and O–H groups in total. The third-order valence-corrected chi connectivity index (χ3v) is 4.52. The van der Waals surface area contributed by atoms with E-state index in [2.05, 4.69) is 30.7 Å². The molecule has 2 aromatic rings. The van der Waals surface area contributed by atoms with Crippen LogP contribution in [0.4, 0.5) is 8.78 Å². The molecule has 0 atom stereocenters. The molecule has 1 aliphatic rings. The second kappa shape index (κ2) is 7.24. The Bertz CT molecular complexity index is 734. The molecule has 25 heavy (non-hydrogen) atoms. The second-order valence-corrected chi connectivity index (χ2v) is 8.04. The molecule has 2 heterocycles. The Kier molecular flexibility index (Phi) is 5.23. The van der Waals surface area contributed by atoms with Gasteiger partial charge in [0.2, 0.25) is 5.95 Å². The van der Waals surface area contributed by atoms with Gasteiger partial charge in [0.05, 0.1) is 5.52 Å². The molecule has 0 aliphatic carbocycles. The van der Waals surface area contributed by atoms with E-state index in [1.165, 1.54) is 6.07 Å². The number of rotatable bonds is 4. The summed E-state index contributed by atoms with van der Waals surface area (Å²) in [6.07, 6.45) is 1.87. The first-order chi connectivity index (χ1) is 11.9. The average molecular weight is 348 g/mol. The maximum atomic E-state index is 13.9. The molecule has 1 fully saturated rings. The Morgan fingerprint density at radius 2 is 1.96 bits per heavy atom. The zero-order valence-corrected chi connectivity index (χ0v) is 15.2. The Hall–Kier alpha value is -1.75. The summed E-state index contributed by atoms with van der Waals surface area (Å²) >= 11 is 0. The lowest BCUT2D eigenvalue weighted by molar-refractivity contribution is 0.0817. The number of hydrogen-bond donors (Lipinski definition) is 0. The van der Waals surface area contributed by atoms with E-state index in [1.54, 1.807) is 12.1 Å². The number of halogens is 2. The summed E-state index contributed by atoms with van der Waals surface area (Å²) in [4.78, 5) is 6.31. The lowest BCUT2D eigenvalue weighted by Crippen LogP contribution is -2.42. The van der Waals surface area contributed by atoms with E-state index < -0.39 is 12.6 Å². The van der Waals surface area contributed by atoms with E-state index >= 15 is 0 Å². The zero-order chi connectivity index (χ0) is 18.0. The smallest absolute Gasteiger partial charge is 0.217 e. The van der Waals surface area contributed by atoms with Gasteiger partial charge in [-0.2, -0.15) is 4.39 Å². The van der Waals surface area contributed by atoms with Gasteiger partial charge in [-0.15, -0.1) is 0 Å². The molecule has 0 saturated carbocycles. The number of aromatic nitrogens is 1. The molecule has 0 unspecified atom stereocenters. The molecule has 5 heteroatoms. The molecule has 1 aliphatic heterocycles. The number of piperidine rings is 1. The Morgan fingerprint density at radius 3 is 2.60 bits per heavy atom. The molecule has 1 aromatic heterocycles. The molecule has 0 bridgehead atoms. The van der Waals surface area contributed by atoms with Crippen molar-refractivity contribution in [3.05, 3.63) is 35.8 Å². The van der Waals surface area contributed by atoms with Gasteiger partial charge in [-0.25, -0.2) is 9.37 Å². The van der Waals surface area contributed by atoms with Gasteiger partial charge in [0, 0.05) is 36.7 Å². The fraction of sp³-hybridized carbons (Fsp3) is 0.550. The summed E-state index contributed by atoms with van der Waals surface area (Å²) in [5, 5.41) is 0.675. The van der Waals surface area contributed by atoms with E-state index in [4.69, 9.17) is 4.74 Å². The van der Waals surface area contributed by atoms with Crippen LogP contribution in [0.25, 0.3) is 10.9 Å². The number of nitrogens with zero attached hydrogens (tertiary/aromatic N) is 2.